The van der Waals surface area contributed by atoms with Crippen LogP contribution in [0.3, 0.4) is 0 Å². The van der Waals surface area contributed by atoms with Gasteiger partial charge in [-0.25, -0.2) is 0 Å². The van der Waals surface area contributed by atoms with Gasteiger partial charge in [0.05, 0.1) is 23.2 Å². The summed E-state index contributed by atoms with van der Waals surface area (Å²) in [5, 5.41) is 11.4. The van der Waals surface area contributed by atoms with E-state index in [1.165, 1.54) is 0 Å². The summed E-state index contributed by atoms with van der Waals surface area (Å²) in [5.74, 6) is 0.235. The van der Waals surface area contributed by atoms with Crippen LogP contribution in [0.5, 0.6) is 5.75 Å². The van der Waals surface area contributed by atoms with Crippen molar-refractivity contribution in [3.05, 3.63) is 60.4 Å². The number of fused-ring (bicyclic) bond motifs is 3. The number of aromatic nitrogens is 2. The van der Waals surface area contributed by atoms with Gasteiger partial charge in [0.2, 0.25) is 0 Å². The Morgan fingerprint density at radius 3 is 2.63 bits per heavy atom. The Labute approximate surface area is 173 Å². The van der Waals surface area contributed by atoms with Crippen LogP contribution in [0, 0.1) is 0 Å². The molecule has 5 rings (SSSR count). The molecule has 2 saturated heterocycles. The van der Waals surface area contributed by atoms with Crippen LogP contribution in [0.1, 0.15) is 31.2 Å². The lowest BCUT2D eigenvalue weighted by Gasteiger charge is -2.44. The van der Waals surface area contributed by atoms with Crippen LogP contribution in [-0.2, 0) is 13.1 Å². The number of nitrogens with zero attached hydrogens (tertiary/aromatic N) is 3. The third-order valence-electron chi connectivity index (χ3n) is 6.55. The van der Waals surface area contributed by atoms with Gasteiger partial charge in [-0.3, -0.25) is 9.88 Å². The Morgan fingerprint density at radius 2 is 1.87 bits per heavy atom. The van der Waals surface area contributed by atoms with E-state index in [-0.39, 0.29) is 17.8 Å². The number of hydrogen-bond acceptors (Lipinski definition) is 4. The molecule has 0 saturated carbocycles. The van der Waals surface area contributed by atoms with E-state index in [9.17, 15) is 13.9 Å². The number of rotatable bonds is 6. The summed E-state index contributed by atoms with van der Waals surface area (Å²) >= 11 is 0. The minimum Gasteiger partial charge on any atom is -0.434 e. The molecule has 30 heavy (non-hydrogen) atoms. The number of alkyl halides is 2. The SMILES string of the molecule is OC1(Cn2ccc3ncccc32)C[C@H]2CC[C@@H](C1)N2Cc1ccccc1OC(F)F. The van der Waals surface area contributed by atoms with Crippen LogP contribution >= 0.6 is 0 Å². The molecule has 1 unspecified atom stereocenters. The molecule has 2 aliphatic rings. The fourth-order valence-corrected chi connectivity index (χ4v) is 5.32. The average molecular weight is 413 g/mol. The van der Waals surface area contributed by atoms with Gasteiger partial charge in [-0.05, 0) is 49.9 Å². The standard InChI is InChI=1S/C23H25F2N3O2/c24-22(25)30-21-6-2-1-4-16(21)14-28-17-7-8-18(28)13-23(29,12-17)15-27-11-9-19-20(27)5-3-10-26-19/h1-6,9-11,17-18,22,29H,7-8,12-15H2/t17-,18+,23?. The second kappa shape index (κ2) is 7.63. The Hall–Kier alpha value is -2.51. The summed E-state index contributed by atoms with van der Waals surface area (Å²) in [6, 6.07) is 13.4. The quantitative estimate of drug-likeness (QED) is 0.658. The van der Waals surface area contributed by atoms with Crippen molar-refractivity contribution < 1.29 is 18.6 Å². The molecule has 7 heteroatoms. The zero-order valence-electron chi connectivity index (χ0n) is 16.6. The van der Waals surface area contributed by atoms with Gasteiger partial charge >= 0.3 is 6.61 Å². The summed E-state index contributed by atoms with van der Waals surface area (Å²) in [5.41, 5.74) is 1.93. The Morgan fingerprint density at radius 1 is 1.10 bits per heavy atom. The van der Waals surface area contributed by atoms with Gasteiger partial charge in [0.25, 0.3) is 0 Å². The molecular weight excluding hydrogens is 388 g/mol. The van der Waals surface area contributed by atoms with Crippen molar-refractivity contribution in [1.82, 2.24) is 14.5 Å². The lowest BCUT2D eigenvalue weighted by atomic mass is 9.85. The van der Waals surface area contributed by atoms with Crippen LogP contribution in [0.2, 0.25) is 0 Å². The van der Waals surface area contributed by atoms with Crippen molar-refractivity contribution in [1.29, 1.82) is 0 Å². The Bertz CT molecular complexity index is 1020. The van der Waals surface area contributed by atoms with E-state index in [0.717, 1.165) is 29.4 Å². The van der Waals surface area contributed by atoms with E-state index in [1.54, 1.807) is 18.3 Å². The van der Waals surface area contributed by atoms with Crippen molar-refractivity contribution in [3.8, 4) is 5.75 Å². The normalized spacial score (nSPS) is 26.5. The van der Waals surface area contributed by atoms with Gasteiger partial charge in [0, 0.05) is 36.6 Å². The third kappa shape index (κ3) is 3.68. The molecule has 2 aromatic heterocycles. The van der Waals surface area contributed by atoms with Gasteiger partial charge in [0.15, 0.2) is 0 Å². The minimum absolute atomic E-state index is 0.230. The largest absolute Gasteiger partial charge is 0.434 e. The molecule has 3 aromatic rings. The second-order valence-electron chi connectivity index (χ2n) is 8.53. The monoisotopic (exact) mass is 413 g/mol. The van der Waals surface area contributed by atoms with Crippen molar-refractivity contribution in [2.24, 2.45) is 0 Å². The van der Waals surface area contributed by atoms with Gasteiger partial charge in [0.1, 0.15) is 5.75 Å². The zero-order chi connectivity index (χ0) is 20.7. The van der Waals surface area contributed by atoms with E-state index < -0.39 is 12.2 Å². The fraction of sp³-hybridized carbons (Fsp3) is 0.435. The maximum atomic E-state index is 12.8. The van der Waals surface area contributed by atoms with E-state index in [1.807, 2.05) is 36.5 Å². The van der Waals surface area contributed by atoms with Crippen LogP contribution in [-0.4, -0.2) is 43.9 Å². The number of aliphatic hydroxyl groups is 1. The first-order chi connectivity index (χ1) is 14.5. The number of benzene rings is 1. The van der Waals surface area contributed by atoms with Gasteiger partial charge in [-0.1, -0.05) is 18.2 Å². The molecule has 2 fully saturated rings. The Balaban J connectivity index is 1.33. The molecule has 1 aromatic carbocycles. The van der Waals surface area contributed by atoms with Crippen molar-refractivity contribution in [2.75, 3.05) is 0 Å². The molecule has 1 N–H and O–H groups in total. The number of para-hydroxylation sites is 1. The van der Waals surface area contributed by atoms with Gasteiger partial charge in [-0.2, -0.15) is 8.78 Å². The van der Waals surface area contributed by atoms with Crippen LogP contribution in [0.25, 0.3) is 11.0 Å². The highest BCUT2D eigenvalue weighted by Gasteiger charge is 2.47. The highest BCUT2D eigenvalue weighted by Crippen LogP contribution is 2.43. The minimum atomic E-state index is -2.83. The predicted octanol–water partition coefficient (Wildman–Crippen LogP) is 4.20. The lowest BCUT2D eigenvalue weighted by Crippen LogP contribution is -2.52. The first kappa shape index (κ1) is 19.5. The van der Waals surface area contributed by atoms with Gasteiger partial charge < -0.3 is 14.4 Å². The molecule has 0 aliphatic carbocycles. The first-order valence-corrected chi connectivity index (χ1v) is 10.4. The Kier molecular flexibility index (Phi) is 4.95. The zero-order valence-corrected chi connectivity index (χ0v) is 16.6. The number of piperidine rings is 1. The predicted molar refractivity (Wildman–Crippen MR) is 109 cm³/mol. The highest BCUT2D eigenvalue weighted by molar-refractivity contribution is 5.75. The van der Waals surface area contributed by atoms with Crippen LogP contribution < -0.4 is 4.74 Å². The molecule has 158 valence electrons. The molecule has 2 bridgehead atoms. The van der Waals surface area contributed by atoms with E-state index in [0.29, 0.717) is 25.9 Å². The summed E-state index contributed by atoms with van der Waals surface area (Å²) in [6.45, 7) is -1.74. The first-order valence-electron chi connectivity index (χ1n) is 10.4. The maximum absolute atomic E-state index is 12.8. The summed E-state index contributed by atoms with van der Waals surface area (Å²) in [7, 11) is 0. The number of halogens is 2. The molecule has 2 aliphatic heterocycles. The number of ether oxygens (including phenoxy) is 1. The summed E-state index contributed by atoms with van der Waals surface area (Å²) in [6.07, 6.45) is 7.12. The molecule has 5 nitrogen and oxygen atoms in total. The molecule has 0 amide bonds. The lowest BCUT2D eigenvalue weighted by molar-refractivity contribution is -0.0661. The molecule has 0 radical (unpaired) electrons. The molecular formula is C23H25F2N3O2. The third-order valence-corrected chi connectivity index (χ3v) is 6.55. The number of pyridine rings is 1. The van der Waals surface area contributed by atoms with Crippen LogP contribution in [0.4, 0.5) is 8.78 Å². The van der Waals surface area contributed by atoms with E-state index in [4.69, 9.17) is 4.74 Å². The summed E-state index contributed by atoms with van der Waals surface area (Å²) in [4.78, 5) is 6.73. The number of hydrogen-bond donors (Lipinski definition) is 1. The average Bonchev–Trinajstić information content (AvgIpc) is 3.22. The smallest absolute Gasteiger partial charge is 0.387 e. The molecule has 0 spiro atoms. The highest BCUT2D eigenvalue weighted by atomic mass is 19.3. The maximum Gasteiger partial charge on any atom is 0.387 e. The molecule has 4 heterocycles. The van der Waals surface area contributed by atoms with E-state index >= 15 is 0 Å². The van der Waals surface area contributed by atoms with E-state index in [2.05, 4.69) is 14.5 Å². The molecule has 3 atom stereocenters. The fourth-order valence-electron chi connectivity index (χ4n) is 5.32. The topological polar surface area (TPSA) is 50.5 Å². The van der Waals surface area contributed by atoms with Gasteiger partial charge in [-0.15, -0.1) is 0 Å². The van der Waals surface area contributed by atoms with Crippen molar-refractivity contribution in [3.63, 3.8) is 0 Å². The van der Waals surface area contributed by atoms with Crippen molar-refractivity contribution >= 4 is 11.0 Å². The summed E-state index contributed by atoms with van der Waals surface area (Å²) < 4.78 is 32.3. The second-order valence-corrected chi connectivity index (χ2v) is 8.53. The van der Waals surface area contributed by atoms with Crippen LogP contribution in [0.15, 0.2) is 54.9 Å². The van der Waals surface area contributed by atoms with Crippen molar-refractivity contribution in [2.45, 2.75) is 63.1 Å².